The van der Waals surface area contributed by atoms with E-state index in [-0.39, 0.29) is 17.9 Å². The summed E-state index contributed by atoms with van der Waals surface area (Å²) in [6, 6.07) is 0.255. The molecule has 0 aliphatic carbocycles. The molecule has 0 bridgehead atoms. The van der Waals surface area contributed by atoms with Gasteiger partial charge in [0.05, 0.1) is 11.6 Å². The predicted molar refractivity (Wildman–Crippen MR) is 83.2 cm³/mol. The third-order valence-electron chi connectivity index (χ3n) is 4.64. The number of hydrogen-bond donors (Lipinski definition) is 1. The Kier molecular flexibility index (Phi) is 6.62. The molecule has 0 aromatic heterocycles. The first-order chi connectivity index (χ1) is 9.74. The average molecular weight is 303 g/mol. The summed E-state index contributed by atoms with van der Waals surface area (Å²) in [5.41, 5.74) is 0.119. The Labute approximate surface area is 127 Å². The van der Waals surface area contributed by atoms with Gasteiger partial charge in [0.2, 0.25) is 0 Å². The van der Waals surface area contributed by atoms with Gasteiger partial charge in [-0.2, -0.15) is 11.8 Å². The van der Waals surface area contributed by atoms with E-state index in [9.17, 15) is 0 Å². The van der Waals surface area contributed by atoms with E-state index in [0.717, 1.165) is 26.0 Å². The zero-order valence-corrected chi connectivity index (χ0v) is 13.8. The van der Waals surface area contributed by atoms with Crippen molar-refractivity contribution in [3.8, 4) is 0 Å². The highest BCUT2D eigenvalue weighted by Gasteiger charge is 2.42. The van der Waals surface area contributed by atoms with Crippen LogP contribution in [0, 0.1) is 5.92 Å². The molecule has 0 saturated carbocycles. The van der Waals surface area contributed by atoms with Crippen LogP contribution in [0.1, 0.15) is 32.6 Å². The smallest absolute Gasteiger partial charge is 0.172 e. The van der Waals surface area contributed by atoms with Gasteiger partial charge in [-0.1, -0.05) is 6.92 Å². The maximum Gasteiger partial charge on any atom is 0.172 e. The fourth-order valence-corrected chi connectivity index (χ4v) is 4.81. The van der Waals surface area contributed by atoms with Crippen molar-refractivity contribution in [1.29, 1.82) is 0 Å². The molecule has 2 unspecified atom stereocenters. The molecule has 2 atom stereocenters. The second-order valence-electron chi connectivity index (χ2n) is 5.82. The van der Waals surface area contributed by atoms with E-state index in [2.05, 4.69) is 24.0 Å². The lowest BCUT2D eigenvalue weighted by Gasteiger charge is -2.46. The minimum absolute atomic E-state index is 0.119. The molecule has 4 nitrogen and oxygen atoms in total. The van der Waals surface area contributed by atoms with Crippen molar-refractivity contribution in [1.82, 2.24) is 5.32 Å². The van der Waals surface area contributed by atoms with Crippen LogP contribution >= 0.6 is 11.8 Å². The summed E-state index contributed by atoms with van der Waals surface area (Å²) in [4.78, 5) is 0. The summed E-state index contributed by atoms with van der Waals surface area (Å²) in [6.45, 7) is 3.95. The molecule has 5 heteroatoms. The summed E-state index contributed by atoms with van der Waals surface area (Å²) < 4.78 is 17.2. The van der Waals surface area contributed by atoms with Crippen molar-refractivity contribution < 1.29 is 14.2 Å². The van der Waals surface area contributed by atoms with Crippen LogP contribution in [0.15, 0.2) is 0 Å². The number of thioether (sulfide) groups is 1. The Balaban J connectivity index is 2.04. The van der Waals surface area contributed by atoms with Gasteiger partial charge in [0, 0.05) is 20.8 Å². The molecule has 1 spiro atoms. The quantitative estimate of drug-likeness (QED) is 0.762. The van der Waals surface area contributed by atoms with Crippen LogP contribution in [0.3, 0.4) is 0 Å². The van der Waals surface area contributed by atoms with Gasteiger partial charge in [-0.25, -0.2) is 0 Å². The normalized spacial score (nSPS) is 27.9. The first kappa shape index (κ1) is 16.6. The molecule has 2 aliphatic heterocycles. The van der Waals surface area contributed by atoms with Gasteiger partial charge in [-0.05, 0) is 49.7 Å². The predicted octanol–water partition coefficient (Wildman–Crippen LogP) is 2.28. The van der Waals surface area contributed by atoms with Crippen LogP contribution in [0.2, 0.25) is 0 Å². The third-order valence-corrected chi connectivity index (χ3v) is 5.63. The second kappa shape index (κ2) is 7.99. The molecule has 0 amide bonds. The van der Waals surface area contributed by atoms with Crippen LogP contribution in [0.5, 0.6) is 0 Å². The minimum atomic E-state index is -0.173. The Hall–Kier alpha value is 0.190. The molecule has 2 saturated heterocycles. The molecule has 2 aliphatic rings. The van der Waals surface area contributed by atoms with Crippen molar-refractivity contribution in [2.24, 2.45) is 5.92 Å². The molecule has 2 fully saturated rings. The van der Waals surface area contributed by atoms with E-state index < -0.39 is 0 Å². The highest BCUT2D eigenvalue weighted by molar-refractivity contribution is 7.99. The molecule has 118 valence electrons. The van der Waals surface area contributed by atoms with Crippen LogP contribution in [-0.2, 0) is 14.2 Å². The van der Waals surface area contributed by atoms with Crippen LogP contribution in [0.25, 0.3) is 0 Å². The van der Waals surface area contributed by atoms with Gasteiger partial charge >= 0.3 is 0 Å². The van der Waals surface area contributed by atoms with Gasteiger partial charge in [-0.3, -0.25) is 0 Å². The van der Waals surface area contributed by atoms with E-state index in [0.29, 0.717) is 5.92 Å². The SMILES string of the molecule is CCNC(C1CCOC2(CCSCC2)C1)C(OC)OC. The summed E-state index contributed by atoms with van der Waals surface area (Å²) >= 11 is 2.05. The topological polar surface area (TPSA) is 39.7 Å². The van der Waals surface area contributed by atoms with Gasteiger partial charge in [0.1, 0.15) is 0 Å². The molecular formula is C15H29NO3S. The monoisotopic (exact) mass is 303 g/mol. The van der Waals surface area contributed by atoms with Crippen molar-refractivity contribution >= 4 is 11.8 Å². The second-order valence-corrected chi connectivity index (χ2v) is 7.04. The minimum Gasteiger partial charge on any atom is -0.375 e. The lowest BCUT2D eigenvalue weighted by Crippen LogP contribution is -2.53. The van der Waals surface area contributed by atoms with Gasteiger partial charge < -0.3 is 19.5 Å². The zero-order valence-electron chi connectivity index (χ0n) is 13.0. The summed E-state index contributed by atoms with van der Waals surface area (Å²) in [6.07, 6.45) is 4.44. The zero-order chi connectivity index (χ0) is 14.4. The highest BCUT2D eigenvalue weighted by atomic mass is 32.2. The molecule has 1 N–H and O–H groups in total. The molecule has 2 rings (SSSR count). The fourth-order valence-electron chi connectivity index (χ4n) is 3.57. The molecule has 2 heterocycles. The lowest BCUT2D eigenvalue weighted by atomic mass is 9.78. The van der Waals surface area contributed by atoms with Crippen molar-refractivity contribution in [3.63, 3.8) is 0 Å². The number of likely N-dealkylation sites (N-methyl/N-ethyl adjacent to an activating group) is 1. The van der Waals surface area contributed by atoms with Crippen molar-refractivity contribution in [2.45, 2.75) is 50.5 Å². The van der Waals surface area contributed by atoms with Gasteiger partial charge in [0.25, 0.3) is 0 Å². The van der Waals surface area contributed by atoms with Crippen molar-refractivity contribution in [3.05, 3.63) is 0 Å². The standard InChI is InChI=1S/C15H29NO3S/c1-4-16-13(14(17-2)18-3)12-5-8-19-15(11-12)6-9-20-10-7-15/h12-14,16H,4-11H2,1-3H3. The summed E-state index contributed by atoms with van der Waals surface area (Å²) in [5.74, 6) is 3.03. The van der Waals surface area contributed by atoms with E-state index in [1.807, 2.05) is 0 Å². The molecule has 0 aromatic rings. The van der Waals surface area contributed by atoms with Crippen molar-refractivity contribution in [2.75, 3.05) is 38.9 Å². The number of hydrogen-bond acceptors (Lipinski definition) is 5. The van der Waals surface area contributed by atoms with E-state index >= 15 is 0 Å². The number of methoxy groups -OCH3 is 2. The van der Waals surface area contributed by atoms with Gasteiger partial charge in [-0.15, -0.1) is 0 Å². The van der Waals surface area contributed by atoms with E-state index in [1.54, 1.807) is 14.2 Å². The summed E-state index contributed by atoms with van der Waals surface area (Å²) in [7, 11) is 3.45. The summed E-state index contributed by atoms with van der Waals surface area (Å²) in [5, 5.41) is 3.57. The van der Waals surface area contributed by atoms with Crippen LogP contribution in [-0.4, -0.2) is 56.8 Å². The molecular weight excluding hydrogens is 274 g/mol. The fraction of sp³-hybridized carbons (Fsp3) is 1.00. The third kappa shape index (κ3) is 3.89. The van der Waals surface area contributed by atoms with Crippen LogP contribution in [0.4, 0.5) is 0 Å². The lowest BCUT2D eigenvalue weighted by molar-refractivity contribution is -0.159. The van der Waals surface area contributed by atoms with Gasteiger partial charge in [0.15, 0.2) is 6.29 Å². The number of nitrogens with one attached hydrogen (secondary N) is 1. The highest BCUT2D eigenvalue weighted by Crippen LogP contribution is 2.41. The Morgan fingerprint density at radius 3 is 2.60 bits per heavy atom. The molecule has 20 heavy (non-hydrogen) atoms. The molecule has 0 radical (unpaired) electrons. The maximum absolute atomic E-state index is 6.19. The Bertz CT molecular complexity index is 275. The first-order valence-electron chi connectivity index (χ1n) is 7.75. The first-order valence-corrected chi connectivity index (χ1v) is 8.91. The maximum atomic E-state index is 6.19. The number of rotatable bonds is 6. The largest absolute Gasteiger partial charge is 0.375 e. The Morgan fingerprint density at radius 1 is 1.30 bits per heavy atom. The average Bonchev–Trinajstić information content (AvgIpc) is 2.48. The molecule has 0 aromatic carbocycles. The van der Waals surface area contributed by atoms with E-state index in [1.165, 1.54) is 24.3 Å². The van der Waals surface area contributed by atoms with Crippen LogP contribution < -0.4 is 5.32 Å². The van der Waals surface area contributed by atoms with E-state index in [4.69, 9.17) is 14.2 Å². The Morgan fingerprint density at radius 2 is 2.00 bits per heavy atom. The number of ether oxygens (including phenoxy) is 3.